The van der Waals surface area contributed by atoms with Gasteiger partial charge >= 0.3 is 0 Å². The van der Waals surface area contributed by atoms with Gasteiger partial charge in [0.25, 0.3) is 0 Å². The monoisotopic (exact) mass is 472 g/mol. The van der Waals surface area contributed by atoms with Crippen molar-refractivity contribution in [3.63, 3.8) is 0 Å². The molecule has 27 heavy (non-hydrogen) atoms. The zero-order chi connectivity index (χ0) is 18.1. The van der Waals surface area contributed by atoms with Gasteiger partial charge in [0.15, 0.2) is 0 Å². The molecule has 2 N–H and O–H groups in total. The molecule has 0 bridgehead atoms. The molecule has 3 nitrogen and oxygen atoms in total. The van der Waals surface area contributed by atoms with Crippen LogP contribution >= 0.6 is 59.6 Å². The van der Waals surface area contributed by atoms with Crippen LogP contribution in [0.5, 0.6) is 5.75 Å². The fourth-order valence-corrected chi connectivity index (χ4v) is 3.02. The lowest BCUT2D eigenvalue weighted by molar-refractivity contribution is 0.302. The molecule has 0 aliphatic carbocycles. The second-order valence-corrected chi connectivity index (χ2v) is 6.94. The van der Waals surface area contributed by atoms with Crippen LogP contribution in [0.25, 0.3) is 0 Å². The van der Waals surface area contributed by atoms with Crippen molar-refractivity contribution in [2.45, 2.75) is 26.5 Å². The molecule has 0 aromatic heterocycles. The molecule has 0 spiro atoms. The van der Waals surface area contributed by atoms with Gasteiger partial charge in [0.1, 0.15) is 12.4 Å². The van der Waals surface area contributed by atoms with Crippen LogP contribution in [0.1, 0.15) is 24.5 Å². The standard InChI is InChI=1S/C19H23Cl3N2O.2ClH/c1-2-23-8-3-9-24-12-15-10-16(20)6-7-19(15)25-13-14-4-5-17(21)11-18(14)22;;/h4-7,10-11,23-24H,2-3,8-9,12-13H2,1H3;2*1H. The van der Waals surface area contributed by atoms with Crippen molar-refractivity contribution >= 4 is 59.6 Å². The fraction of sp³-hybridized carbons (Fsp3) is 0.368. The van der Waals surface area contributed by atoms with Gasteiger partial charge in [-0.25, -0.2) is 0 Å². The van der Waals surface area contributed by atoms with Gasteiger partial charge in [-0.1, -0.05) is 47.8 Å². The minimum Gasteiger partial charge on any atom is -0.489 e. The van der Waals surface area contributed by atoms with E-state index >= 15 is 0 Å². The molecule has 8 heteroatoms. The minimum atomic E-state index is 0. The van der Waals surface area contributed by atoms with Crippen molar-refractivity contribution in [1.82, 2.24) is 10.6 Å². The van der Waals surface area contributed by atoms with Crippen LogP contribution in [0, 0.1) is 0 Å². The van der Waals surface area contributed by atoms with E-state index in [2.05, 4.69) is 17.6 Å². The van der Waals surface area contributed by atoms with Crippen LogP contribution in [0.3, 0.4) is 0 Å². The quantitative estimate of drug-likeness (QED) is 0.405. The number of benzene rings is 2. The molecular weight excluding hydrogens is 449 g/mol. The molecule has 152 valence electrons. The zero-order valence-electron chi connectivity index (χ0n) is 15.1. The van der Waals surface area contributed by atoms with E-state index in [1.165, 1.54) is 0 Å². The van der Waals surface area contributed by atoms with Crippen molar-refractivity contribution in [1.29, 1.82) is 0 Å². The molecule has 2 aromatic rings. The number of halogens is 5. The van der Waals surface area contributed by atoms with E-state index in [1.54, 1.807) is 12.1 Å². The van der Waals surface area contributed by atoms with Crippen LogP contribution in [-0.2, 0) is 13.2 Å². The average molecular weight is 475 g/mol. The Hall–Kier alpha value is -0.390. The summed E-state index contributed by atoms with van der Waals surface area (Å²) in [5.41, 5.74) is 1.92. The third-order valence-corrected chi connectivity index (χ3v) is 4.52. The summed E-state index contributed by atoms with van der Waals surface area (Å²) in [7, 11) is 0. The number of ether oxygens (including phenoxy) is 1. The fourth-order valence-electron chi connectivity index (χ4n) is 2.36. The van der Waals surface area contributed by atoms with Gasteiger partial charge in [0, 0.05) is 32.7 Å². The maximum absolute atomic E-state index is 6.20. The van der Waals surface area contributed by atoms with Crippen LogP contribution in [0.2, 0.25) is 15.1 Å². The third kappa shape index (κ3) is 9.58. The summed E-state index contributed by atoms with van der Waals surface area (Å²) in [6.07, 6.45) is 1.07. The third-order valence-electron chi connectivity index (χ3n) is 3.69. The summed E-state index contributed by atoms with van der Waals surface area (Å²) in [6, 6.07) is 11.0. The van der Waals surface area contributed by atoms with Crippen LogP contribution in [0.4, 0.5) is 0 Å². The first-order valence-electron chi connectivity index (χ1n) is 8.36. The Balaban J connectivity index is 0.00000338. The molecule has 0 heterocycles. The Kier molecular flexibility index (Phi) is 14.4. The van der Waals surface area contributed by atoms with Gasteiger partial charge in [0.05, 0.1) is 0 Å². The Labute approximate surface area is 188 Å². The van der Waals surface area contributed by atoms with Gasteiger partial charge in [-0.05, 0) is 56.4 Å². The summed E-state index contributed by atoms with van der Waals surface area (Å²) in [4.78, 5) is 0. The molecule has 0 amide bonds. The lowest BCUT2D eigenvalue weighted by Crippen LogP contribution is -2.21. The highest BCUT2D eigenvalue weighted by Crippen LogP contribution is 2.26. The van der Waals surface area contributed by atoms with Crippen LogP contribution in [0.15, 0.2) is 36.4 Å². The van der Waals surface area contributed by atoms with Gasteiger partial charge in [0.2, 0.25) is 0 Å². The van der Waals surface area contributed by atoms with E-state index < -0.39 is 0 Å². The SMILES string of the molecule is CCNCCCNCc1cc(Cl)ccc1OCc1ccc(Cl)cc1Cl.Cl.Cl. The predicted molar refractivity (Wildman–Crippen MR) is 122 cm³/mol. The van der Waals surface area contributed by atoms with E-state index in [-0.39, 0.29) is 24.8 Å². The average Bonchev–Trinajstić information content (AvgIpc) is 2.58. The molecular formula is C19H25Cl5N2O. The van der Waals surface area contributed by atoms with Crippen molar-refractivity contribution in [3.8, 4) is 5.75 Å². The molecule has 0 aliphatic heterocycles. The molecule has 2 aromatic carbocycles. The number of hydrogen-bond acceptors (Lipinski definition) is 3. The highest BCUT2D eigenvalue weighted by Gasteiger charge is 2.07. The highest BCUT2D eigenvalue weighted by atomic mass is 35.5. The highest BCUT2D eigenvalue weighted by molar-refractivity contribution is 6.35. The van der Waals surface area contributed by atoms with Crippen LogP contribution in [-0.4, -0.2) is 19.6 Å². The topological polar surface area (TPSA) is 33.3 Å². The minimum absolute atomic E-state index is 0. The normalized spacial score (nSPS) is 10.1. The Morgan fingerprint density at radius 2 is 1.52 bits per heavy atom. The first-order valence-corrected chi connectivity index (χ1v) is 9.50. The smallest absolute Gasteiger partial charge is 0.124 e. The summed E-state index contributed by atoms with van der Waals surface area (Å²) < 4.78 is 5.96. The first-order chi connectivity index (χ1) is 12.1. The van der Waals surface area contributed by atoms with Crippen molar-refractivity contribution < 1.29 is 4.74 Å². The molecule has 0 radical (unpaired) electrons. The summed E-state index contributed by atoms with van der Waals surface area (Å²) in [6.45, 7) is 6.14. The number of hydrogen-bond donors (Lipinski definition) is 2. The maximum atomic E-state index is 6.20. The molecule has 0 unspecified atom stereocenters. The summed E-state index contributed by atoms with van der Waals surface area (Å²) >= 11 is 18.3. The number of rotatable bonds is 10. The van der Waals surface area contributed by atoms with Crippen molar-refractivity contribution in [2.24, 2.45) is 0 Å². The molecule has 0 saturated heterocycles. The van der Waals surface area contributed by atoms with Gasteiger partial charge in [-0.3, -0.25) is 0 Å². The van der Waals surface area contributed by atoms with Crippen molar-refractivity contribution in [3.05, 3.63) is 62.6 Å². The van der Waals surface area contributed by atoms with E-state index in [1.807, 2.05) is 24.3 Å². The van der Waals surface area contributed by atoms with E-state index in [9.17, 15) is 0 Å². The lowest BCUT2D eigenvalue weighted by atomic mass is 10.2. The predicted octanol–water partition coefficient (Wildman–Crippen LogP) is 6.16. The van der Waals surface area contributed by atoms with Gasteiger partial charge < -0.3 is 15.4 Å². The largest absolute Gasteiger partial charge is 0.489 e. The van der Waals surface area contributed by atoms with E-state index in [0.717, 1.165) is 42.9 Å². The molecule has 0 aliphatic rings. The van der Waals surface area contributed by atoms with Gasteiger partial charge in [-0.15, -0.1) is 24.8 Å². The second-order valence-electron chi connectivity index (χ2n) is 5.66. The summed E-state index contributed by atoms with van der Waals surface area (Å²) in [5.74, 6) is 0.801. The zero-order valence-corrected chi connectivity index (χ0v) is 19.0. The Bertz CT molecular complexity index is 685. The second kappa shape index (κ2) is 14.6. The first kappa shape index (κ1) is 26.6. The Morgan fingerprint density at radius 3 is 2.22 bits per heavy atom. The van der Waals surface area contributed by atoms with E-state index in [0.29, 0.717) is 28.2 Å². The molecule has 0 fully saturated rings. The molecule has 2 rings (SSSR count). The molecule has 0 atom stereocenters. The number of nitrogens with one attached hydrogen (secondary N) is 2. The molecule has 0 saturated carbocycles. The maximum Gasteiger partial charge on any atom is 0.124 e. The van der Waals surface area contributed by atoms with E-state index in [4.69, 9.17) is 39.5 Å². The van der Waals surface area contributed by atoms with Gasteiger partial charge in [-0.2, -0.15) is 0 Å². The van der Waals surface area contributed by atoms with Crippen LogP contribution < -0.4 is 15.4 Å². The summed E-state index contributed by atoms with van der Waals surface area (Å²) in [5, 5.41) is 8.64. The Morgan fingerprint density at radius 1 is 0.852 bits per heavy atom. The lowest BCUT2D eigenvalue weighted by Gasteiger charge is -2.14. The van der Waals surface area contributed by atoms with Crippen molar-refractivity contribution in [2.75, 3.05) is 19.6 Å².